The molecule has 0 aliphatic carbocycles. The highest BCUT2D eigenvalue weighted by molar-refractivity contribution is 5.77. The molecule has 0 bridgehead atoms. The molecule has 1 aliphatic heterocycles. The van der Waals surface area contributed by atoms with E-state index in [1.54, 1.807) is 0 Å². The Morgan fingerprint density at radius 2 is 2.00 bits per heavy atom. The van der Waals surface area contributed by atoms with E-state index in [4.69, 9.17) is 4.74 Å². The lowest BCUT2D eigenvalue weighted by molar-refractivity contribution is -0.120. The second kappa shape index (κ2) is 9.28. The largest absolute Gasteiger partial charge is 0.379 e. The molecule has 0 aromatic heterocycles. The Labute approximate surface area is 117 Å². The number of ether oxygens (including phenoxy) is 1. The Balaban J connectivity index is 2.37. The van der Waals surface area contributed by atoms with Gasteiger partial charge in [-0.15, -0.1) is 0 Å². The van der Waals surface area contributed by atoms with Gasteiger partial charge in [-0.2, -0.15) is 0 Å². The van der Waals surface area contributed by atoms with E-state index < -0.39 is 0 Å². The molecule has 1 heterocycles. The van der Waals surface area contributed by atoms with Crippen molar-refractivity contribution in [2.75, 3.05) is 45.9 Å². The lowest BCUT2D eigenvalue weighted by atomic mass is 10.0. The second-order valence-electron chi connectivity index (χ2n) is 5.52. The van der Waals surface area contributed by atoms with Gasteiger partial charge in [-0.1, -0.05) is 20.8 Å². The van der Waals surface area contributed by atoms with Crippen molar-refractivity contribution in [2.45, 2.75) is 33.2 Å². The lowest BCUT2D eigenvalue weighted by Gasteiger charge is -2.35. The van der Waals surface area contributed by atoms with Crippen LogP contribution in [0.3, 0.4) is 0 Å². The first-order valence-electron chi connectivity index (χ1n) is 7.42. The molecule has 112 valence electrons. The van der Waals surface area contributed by atoms with Gasteiger partial charge in [-0.3, -0.25) is 9.69 Å². The Bertz CT molecular complexity index is 253. The molecular weight excluding hydrogens is 242 g/mol. The zero-order valence-corrected chi connectivity index (χ0v) is 12.6. The number of hydrogen-bond acceptors (Lipinski definition) is 4. The van der Waals surface area contributed by atoms with Crippen LogP contribution in [0.1, 0.15) is 27.2 Å². The summed E-state index contributed by atoms with van der Waals surface area (Å²) in [5.74, 6) is 0.724. The highest BCUT2D eigenvalue weighted by Gasteiger charge is 2.22. The summed E-state index contributed by atoms with van der Waals surface area (Å²) < 4.78 is 5.39. The smallest absolute Gasteiger partial charge is 0.234 e. The van der Waals surface area contributed by atoms with Crippen LogP contribution in [0.2, 0.25) is 0 Å². The first-order chi connectivity index (χ1) is 9.13. The SMILES string of the molecule is CCNCC(=O)NCC(CC(C)C)N1CCOCC1. The number of hydrogen-bond donors (Lipinski definition) is 2. The zero-order chi connectivity index (χ0) is 14.1. The number of likely N-dealkylation sites (N-methyl/N-ethyl adjacent to an activating group) is 1. The number of amides is 1. The number of rotatable bonds is 8. The Morgan fingerprint density at radius 3 is 2.58 bits per heavy atom. The molecule has 5 nitrogen and oxygen atoms in total. The van der Waals surface area contributed by atoms with E-state index in [0.717, 1.165) is 45.8 Å². The normalized spacial score (nSPS) is 18.5. The van der Waals surface area contributed by atoms with Crippen molar-refractivity contribution in [1.82, 2.24) is 15.5 Å². The molecule has 1 atom stereocenters. The van der Waals surface area contributed by atoms with Gasteiger partial charge in [-0.25, -0.2) is 0 Å². The van der Waals surface area contributed by atoms with Crippen LogP contribution < -0.4 is 10.6 Å². The number of morpholine rings is 1. The highest BCUT2D eigenvalue weighted by atomic mass is 16.5. The molecule has 0 radical (unpaired) electrons. The van der Waals surface area contributed by atoms with Crippen molar-refractivity contribution in [3.05, 3.63) is 0 Å². The molecule has 5 heteroatoms. The van der Waals surface area contributed by atoms with Crippen molar-refractivity contribution in [3.63, 3.8) is 0 Å². The minimum atomic E-state index is 0.0869. The molecule has 1 aliphatic rings. The van der Waals surface area contributed by atoms with E-state index in [1.165, 1.54) is 0 Å². The van der Waals surface area contributed by atoms with Gasteiger partial charge in [-0.05, 0) is 18.9 Å². The van der Waals surface area contributed by atoms with E-state index >= 15 is 0 Å². The van der Waals surface area contributed by atoms with Gasteiger partial charge < -0.3 is 15.4 Å². The molecule has 0 aromatic carbocycles. The van der Waals surface area contributed by atoms with Gasteiger partial charge in [0.2, 0.25) is 5.91 Å². The Kier molecular flexibility index (Phi) is 8.02. The molecule has 0 saturated carbocycles. The van der Waals surface area contributed by atoms with E-state index in [0.29, 0.717) is 18.5 Å². The maximum atomic E-state index is 11.7. The van der Waals surface area contributed by atoms with Gasteiger partial charge >= 0.3 is 0 Å². The molecule has 1 rings (SSSR count). The van der Waals surface area contributed by atoms with Crippen LogP contribution >= 0.6 is 0 Å². The minimum absolute atomic E-state index is 0.0869. The number of nitrogens with one attached hydrogen (secondary N) is 2. The quantitative estimate of drug-likeness (QED) is 0.673. The average molecular weight is 271 g/mol. The fourth-order valence-corrected chi connectivity index (χ4v) is 2.38. The van der Waals surface area contributed by atoms with Crippen LogP contribution in [-0.4, -0.2) is 62.8 Å². The number of carbonyl (C=O) groups excluding carboxylic acids is 1. The molecule has 19 heavy (non-hydrogen) atoms. The summed E-state index contributed by atoms with van der Waals surface area (Å²) in [6.45, 7) is 12.0. The van der Waals surface area contributed by atoms with E-state index in [9.17, 15) is 4.79 Å². The van der Waals surface area contributed by atoms with Crippen molar-refractivity contribution in [3.8, 4) is 0 Å². The van der Waals surface area contributed by atoms with Crippen molar-refractivity contribution in [2.24, 2.45) is 5.92 Å². The van der Waals surface area contributed by atoms with Crippen molar-refractivity contribution >= 4 is 5.91 Å². The fraction of sp³-hybridized carbons (Fsp3) is 0.929. The predicted octanol–water partition coefficient (Wildman–Crippen LogP) is 0.459. The summed E-state index contributed by atoms with van der Waals surface area (Å²) in [6, 6.07) is 0.425. The van der Waals surface area contributed by atoms with Crippen LogP contribution in [0.15, 0.2) is 0 Å². The molecule has 0 spiro atoms. The van der Waals surface area contributed by atoms with Crippen LogP contribution in [0.25, 0.3) is 0 Å². The Hall–Kier alpha value is -0.650. The molecule has 1 fully saturated rings. The summed E-state index contributed by atoms with van der Waals surface area (Å²) in [4.78, 5) is 14.1. The van der Waals surface area contributed by atoms with Gasteiger partial charge in [0.25, 0.3) is 0 Å². The molecule has 1 unspecified atom stereocenters. The molecular formula is C14H29N3O2. The van der Waals surface area contributed by atoms with Gasteiger partial charge in [0, 0.05) is 25.7 Å². The highest BCUT2D eigenvalue weighted by Crippen LogP contribution is 2.12. The fourth-order valence-electron chi connectivity index (χ4n) is 2.38. The summed E-state index contributed by atoms with van der Waals surface area (Å²) in [7, 11) is 0. The standard InChI is InChI=1S/C14H29N3O2/c1-4-15-11-14(18)16-10-13(9-12(2)3)17-5-7-19-8-6-17/h12-13,15H,4-11H2,1-3H3,(H,16,18). The first-order valence-corrected chi connectivity index (χ1v) is 7.42. The summed E-state index contributed by atoms with van der Waals surface area (Å²) >= 11 is 0. The molecule has 1 amide bonds. The maximum absolute atomic E-state index is 11.7. The average Bonchev–Trinajstić information content (AvgIpc) is 2.41. The van der Waals surface area contributed by atoms with E-state index in [-0.39, 0.29) is 5.91 Å². The summed E-state index contributed by atoms with van der Waals surface area (Å²) in [5.41, 5.74) is 0. The van der Waals surface area contributed by atoms with Gasteiger partial charge in [0.05, 0.1) is 19.8 Å². The number of nitrogens with zero attached hydrogens (tertiary/aromatic N) is 1. The third kappa shape index (κ3) is 6.89. The first kappa shape index (κ1) is 16.4. The van der Waals surface area contributed by atoms with Gasteiger partial charge in [0.1, 0.15) is 0 Å². The van der Waals surface area contributed by atoms with Crippen molar-refractivity contribution in [1.29, 1.82) is 0 Å². The summed E-state index contributed by atoms with van der Waals surface area (Å²) in [6.07, 6.45) is 1.11. The minimum Gasteiger partial charge on any atom is -0.379 e. The Morgan fingerprint density at radius 1 is 1.32 bits per heavy atom. The monoisotopic (exact) mass is 271 g/mol. The van der Waals surface area contributed by atoms with Crippen molar-refractivity contribution < 1.29 is 9.53 Å². The maximum Gasteiger partial charge on any atom is 0.234 e. The molecule has 2 N–H and O–H groups in total. The third-order valence-electron chi connectivity index (χ3n) is 3.38. The van der Waals surface area contributed by atoms with Crippen LogP contribution in [0, 0.1) is 5.92 Å². The van der Waals surface area contributed by atoms with Crippen LogP contribution in [-0.2, 0) is 9.53 Å². The van der Waals surface area contributed by atoms with Crippen LogP contribution in [0.5, 0.6) is 0 Å². The third-order valence-corrected chi connectivity index (χ3v) is 3.38. The van der Waals surface area contributed by atoms with Crippen LogP contribution in [0.4, 0.5) is 0 Å². The number of carbonyl (C=O) groups is 1. The second-order valence-corrected chi connectivity index (χ2v) is 5.52. The van der Waals surface area contributed by atoms with Gasteiger partial charge in [0.15, 0.2) is 0 Å². The summed E-state index contributed by atoms with van der Waals surface area (Å²) in [5, 5.41) is 6.08. The van der Waals surface area contributed by atoms with E-state index in [2.05, 4.69) is 29.4 Å². The molecule has 0 aromatic rings. The van der Waals surface area contributed by atoms with E-state index in [1.807, 2.05) is 6.92 Å². The topological polar surface area (TPSA) is 53.6 Å². The predicted molar refractivity (Wildman–Crippen MR) is 77.2 cm³/mol. The molecule has 1 saturated heterocycles. The lowest BCUT2D eigenvalue weighted by Crippen LogP contribution is -2.50. The zero-order valence-electron chi connectivity index (χ0n) is 12.6.